The van der Waals surface area contributed by atoms with Crippen LogP contribution in [0.2, 0.25) is 0 Å². The van der Waals surface area contributed by atoms with Gasteiger partial charge in [-0.1, -0.05) is 12.8 Å². The van der Waals surface area contributed by atoms with Crippen molar-refractivity contribution < 1.29 is 9.53 Å². The lowest BCUT2D eigenvalue weighted by Crippen LogP contribution is -2.47. The molecule has 3 rings (SSSR count). The molecule has 0 N–H and O–H groups in total. The minimum Gasteiger partial charge on any atom is -0.468 e. The smallest absolute Gasteiger partial charge is 0.323 e. The number of fused-ring (bicyclic) bond motifs is 2. The first-order valence-corrected chi connectivity index (χ1v) is 7.60. The molecule has 0 aromatic rings. The highest BCUT2D eigenvalue weighted by Gasteiger charge is 2.41. The average molecular weight is 251 g/mol. The molecule has 4 atom stereocenters. The maximum Gasteiger partial charge on any atom is 0.323 e. The Morgan fingerprint density at radius 2 is 2.11 bits per heavy atom. The van der Waals surface area contributed by atoms with E-state index >= 15 is 0 Å². The number of nitrogens with zero attached hydrogens (tertiary/aromatic N) is 1. The van der Waals surface area contributed by atoms with Crippen molar-refractivity contribution in [1.29, 1.82) is 0 Å². The summed E-state index contributed by atoms with van der Waals surface area (Å²) in [5.74, 6) is 2.79. The van der Waals surface area contributed by atoms with Gasteiger partial charge in [0.15, 0.2) is 0 Å². The van der Waals surface area contributed by atoms with Gasteiger partial charge in [-0.2, -0.15) is 0 Å². The van der Waals surface area contributed by atoms with Crippen molar-refractivity contribution in [3.63, 3.8) is 0 Å². The van der Waals surface area contributed by atoms with Crippen LogP contribution in [0.25, 0.3) is 0 Å². The number of rotatable bonds is 3. The number of hydrogen-bond donors (Lipinski definition) is 0. The Morgan fingerprint density at radius 1 is 1.22 bits per heavy atom. The van der Waals surface area contributed by atoms with Gasteiger partial charge in [-0.05, 0) is 56.4 Å². The van der Waals surface area contributed by atoms with E-state index in [1.165, 1.54) is 45.6 Å². The van der Waals surface area contributed by atoms with Gasteiger partial charge in [-0.3, -0.25) is 9.69 Å². The molecule has 0 radical (unpaired) electrons. The van der Waals surface area contributed by atoms with E-state index in [4.69, 9.17) is 4.74 Å². The first-order valence-electron chi connectivity index (χ1n) is 7.60. The lowest BCUT2D eigenvalue weighted by molar-refractivity contribution is -0.148. The molecule has 1 saturated heterocycles. The van der Waals surface area contributed by atoms with E-state index in [9.17, 15) is 4.79 Å². The van der Waals surface area contributed by atoms with Gasteiger partial charge in [-0.25, -0.2) is 0 Å². The molecule has 3 fully saturated rings. The summed E-state index contributed by atoms with van der Waals surface area (Å²) in [5.41, 5.74) is 0. The molecule has 3 heteroatoms. The average Bonchev–Trinajstić information content (AvgIpc) is 3.01. The number of esters is 1. The van der Waals surface area contributed by atoms with Crippen molar-refractivity contribution in [3.8, 4) is 0 Å². The van der Waals surface area contributed by atoms with Crippen molar-refractivity contribution in [2.45, 2.75) is 51.0 Å². The Balaban J connectivity index is 1.61. The molecule has 0 amide bonds. The van der Waals surface area contributed by atoms with Gasteiger partial charge in [0.2, 0.25) is 0 Å². The third-order valence-electron chi connectivity index (χ3n) is 5.44. The summed E-state index contributed by atoms with van der Waals surface area (Å²) in [6.07, 6.45) is 9.18. The van der Waals surface area contributed by atoms with Crippen LogP contribution in [0.5, 0.6) is 0 Å². The summed E-state index contributed by atoms with van der Waals surface area (Å²) in [6, 6.07) is 0.0443. The van der Waals surface area contributed by atoms with Crippen LogP contribution in [0, 0.1) is 17.8 Å². The van der Waals surface area contributed by atoms with Crippen LogP contribution in [0.4, 0.5) is 0 Å². The van der Waals surface area contributed by atoms with E-state index in [1.807, 2.05) is 0 Å². The Morgan fingerprint density at radius 3 is 2.78 bits per heavy atom. The van der Waals surface area contributed by atoms with Gasteiger partial charge in [-0.15, -0.1) is 0 Å². The number of carbonyl (C=O) groups is 1. The zero-order valence-corrected chi connectivity index (χ0v) is 11.4. The van der Waals surface area contributed by atoms with Gasteiger partial charge < -0.3 is 4.74 Å². The van der Waals surface area contributed by atoms with Crippen LogP contribution >= 0.6 is 0 Å². The number of piperidine rings is 1. The molecule has 3 nitrogen and oxygen atoms in total. The van der Waals surface area contributed by atoms with Crippen molar-refractivity contribution in [1.82, 2.24) is 4.90 Å². The molecule has 2 bridgehead atoms. The van der Waals surface area contributed by atoms with E-state index in [0.717, 1.165) is 37.3 Å². The summed E-state index contributed by atoms with van der Waals surface area (Å²) < 4.78 is 4.97. The quantitative estimate of drug-likeness (QED) is 0.722. The highest BCUT2D eigenvalue weighted by Crippen LogP contribution is 2.48. The Kier molecular flexibility index (Phi) is 3.60. The van der Waals surface area contributed by atoms with Crippen molar-refractivity contribution in [2.75, 3.05) is 20.2 Å². The monoisotopic (exact) mass is 251 g/mol. The van der Waals surface area contributed by atoms with Crippen molar-refractivity contribution in [3.05, 3.63) is 0 Å². The summed E-state index contributed by atoms with van der Waals surface area (Å²) in [7, 11) is 1.52. The molecule has 18 heavy (non-hydrogen) atoms. The van der Waals surface area contributed by atoms with Crippen LogP contribution in [0.1, 0.15) is 44.9 Å². The summed E-state index contributed by atoms with van der Waals surface area (Å²) >= 11 is 0. The lowest BCUT2D eigenvalue weighted by atomic mass is 9.87. The molecule has 0 spiro atoms. The van der Waals surface area contributed by atoms with Crippen molar-refractivity contribution in [2.24, 2.45) is 17.8 Å². The zero-order valence-electron chi connectivity index (χ0n) is 11.4. The predicted octanol–water partition coefficient (Wildman–Crippen LogP) is 2.45. The fourth-order valence-corrected chi connectivity index (χ4v) is 4.51. The fraction of sp³-hybridized carbons (Fsp3) is 0.933. The molecule has 1 heterocycles. The number of hydrogen-bond acceptors (Lipinski definition) is 3. The number of methoxy groups -OCH3 is 1. The van der Waals surface area contributed by atoms with E-state index in [2.05, 4.69) is 4.90 Å². The summed E-state index contributed by atoms with van der Waals surface area (Å²) in [4.78, 5) is 14.3. The predicted molar refractivity (Wildman–Crippen MR) is 70.2 cm³/mol. The molecule has 3 unspecified atom stereocenters. The second-order valence-electron chi connectivity index (χ2n) is 6.46. The molecule has 2 saturated carbocycles. The van der Waals surface area contributed by atoms with Crippen LogP contribution in [0.15, 0.2) is 0 Å². The van der Waals surface area contributed by atoms with E-state index < -0.39 is 0 Å². The minimum absolute atomic E-state index is 0.0159. The van der Waals surface area contributed by atoms with Gasteiger partial charge >= 0.3 is 5.97 Å². The molecule has 1 aliphatic heterocycles. The first-order chi connectivity index (χ1) is 8.78. The Labute approximate surface area is 110 Å². The summed E-state index contributed by atoms with van der Waals surface area (Å²) in [5, 5.41) is 0. The van der Waals surface area contributed by atoms with Gasteiger partial charge in [0.1, 0.15) is 6.04 Å². The molecule has 3 aliphatic rings. The standard InChI is InChI=1S/C15H25NO2/c1-18-15(17)14-4-2-3-7-16(14)10-13-9-11-5-6-12(13)8-11/h11-14H,2-10H2,1H3/t11?,12?,13?,14-/m1/s1. The maximum atomic E-state index is 11.8. The van der Waals surface area contributed by atoms with Gasteiger partial charge in [0.05, 0.1) is 7.11 Å². The van der Waals surface area contributed by atoms with Gasteiger partial charge in [0.25, 0.3) is 0 Å². The number of carbonyl (C=O) groups excluding carboxylic acids is 1. The largest absolute Gasteiger partial charge is 0.468 e. The van der Waals surface area contributed by atoms with Crippen LogP contribution < -0.4 is 0 Å². The van der Waals surface area contributed by atoms with Crippen LogP contribution in [-0.2, 0) is 9.53 Å². The maximum absolute atomic E-state index is 11.8. The number of ether oxygens (including phenoxy) is 1. The molecular formula is C15H25NO2. The molecule has 0 aromatic heterocycles. The number of likely N-dealkylation sites (tertiary alicyclic amines) is 1. The lowest BCUT2D eigenvalue weighted by Gasteiger charge is -2.37. The molecular weight excluding hydrogens is 226 g/mol. The molecule has 0 aromatic carbocycles. The van der Waals surface area contributed by atoms with Gasteiger partial charge in [0, 0.05) is 6.54 Å². The topological polar surface area (TPSA) is 29.5 Å². The van der Waals surface area contributed by atoms with E-state index in [-0.39, 0.29) is 12.0 Å². The highest BCUT2D eigenvalue weighted by molar-refractivity contribution is 5.75. The Bertz CT molecular complexity index is 318. The van der Waals surface area contributed by atoms with Crippen LogP contribution in [0.3, 0.4) is 0 Å². The van der Waals surface area contributed by atoms with Crippen molar-refractivity contribution >= 4 is 5.97 Å². The molecule has 102 valence electrons. The minimum atomic E-state index is -0.0159. The second-order valence-corrected chi connectivity index (χ2v) is 6.46. The molecule has 2 aliphatic carbocycles. The summed E-state index contributed by atoms with van der Waals surface area (Å²) in [6.45, 7) is 2.23. The zero-order chi connectivity index (χ0) is 12.5. The SMILES string of the molecule is COC(=O)[C@H]1CCCCN1CC1CC2CCC1C2. The Hall–Kier alpha value is -0.570. The van der Waals surface area contributed by atoms with Crippen LogP contribution in [-0.4, -0.2) is 37.1 Å². The fourth-order valence-electron chi connectivity index (χ4n) is 4.51. The highest BCUT2D eigenvalue weighted by atomic mass is 16.5. The third kappa shape index (κ3) is 2.29. The normalized spacial score (nSPS) is 40.1. The third-order valence-corrected chi connectivity index (χ3v) is 5.44. The second kappa shape index (κ2) is 5.20. The first kappa shape index (κ1) is 12.5. The van der Waals surface area contributed by atoms with E-state index in [1.54, 1.807) is 0 Å². The van der Waals surface area contributed by atoms with E-state index in [0.29, 0.717) is 0 Å².